The van der Waals surface area contributed by atoms with Gasteiger partial charge in [-0.3, -0.25) is 0 Å². The predicted molar refractivity (Wildman–Crippen MR) is 65.2 cm³/mol. The van der Waals surface area contributed by atoms with Gasteiger partial charge in [0.1, 0.15) is 0 Å². The van der Waals surface area contributed by atoms with Crippen LogP contribution >= 0.6 is 11.6 Å². The molecule has 1 heteroatoms. The number of hydrogen-bond donors (Lipinski definition) is 0. The fourth-order valence-corrected chi connectivity index (χ4v) is 1.83. The Morgan fingerprint density at radius 3 is 2.60 bits per heavy atom. The molecular formula is C14H12Cl. The van der Waals surface area contributed by atoms with Crippen molar-refractivity contribution in [1.82, 2.24) is 0 Å². The van der Waals surface area contributed by atoms with E-state index in [1.165, 1.54) is 16.7 Å². The molecule has 0 aliphatic carbocycles. The summed E-state index contributed by atoms with van der Waals surface area (Å²) in [5.74, 6) is 0. The van der Waals surface area contributed by atoms with Crippen molar-refractivity contribution in [2.24, 2.45) is 0 Å². The van der Waals surface area contributed by atoms with Gasteiger partial charge >= 0.3 is 0 Å². The standard InChI is InChI=1S/C14H12Cl/c1-10-4-3-5-12(8-10)14-9-13(15)7-6-11(14)2/h3,5-9H,1-2H3. The van der Waals surface area contributed by atoms with Crippen LogP contribution in [0.2, 0.25) is 5.02 Å². The van der Waals surface area contributed by atoms with Crippen LogP contribution in [0.3, 0.4) is 0 Å². The highest BCUT2D eigenvalue weighted by Crippen LogP contribution is 2.26. The maximum Gasteiger partial charge on any atom is 0.0412 e. The molecule has 1 radical (unpaired) electrons. The molecule has 75 valence electrons. The largest absolute Gasteiger partial charge is 0.0843 e. The minimum Gasteiger partial charge on any atom is -0.0843 e. The first-order valence-electron chi connectivity index (χ1n) is 4.92. The average Bonchev–Trinajstić information content (AvgIpc) is 2.22. The number of rotatable bonds is 1. The molecule has 0 aromatic heterocycles. The summed E-state index contributed by atoms with van der Waals surface area (Å²) in [4.78, 5) is 0. The molecule has 0 aliphatic heterocycles. The van der Waals surface area contributed by atoms with E-state index in [0.717, 1.165) is 10.6 Å². The molecule has 2 aromatic carbocycles. The monoisotopic (exact) mass is 215 g/mol. The summed E-state index contributed by atoms with van der Waals surface area (Å²) in [7, 11) is 0. The van der Waals surface area contributed by atoms with Gasteiger partial charge in [-0.2, -0.15) is 0 Å². The van der Waals surface area contributed by atoms with Crippen molar-refractivity contribution >= 4 is 11.6 Å². The second kappa shape index (κ2) is 4.08. The lowest BCUT2D eigenvalue weighted by atomic mass is 9.99. The van der Waals surface area contributed by atoms with E-state index in [4.69, 9.17) is 11.6 Å². The molecule has 0 fully saturated rings. The van der Waals surface area contributed by atoms with E-state index in [1.54, 1.807) is 0 Å². The molecule has 15 heavy (non-hydrogen) atoms. The Morgan fingerprint density at radius 2 is 1.87 bits per heavy atom. The van der Waals surface area contributed by atoms with Gasteiger partial charge in [-0.25, -0.2) is 0 Å². The van der Waals surface area contributed by atoms with Crippen LogP contribution in [-0.2, 0) is 0 Å². The van der Waals surface area contributed by atoms with Crippen LogP contribution in [0.25, 0.3) is 11.1 Å². The van der Waals surface area contributed by atoms with Gasteiger partial charge in [-0.15, -0.1) is 0 Å². The second-order valence-corrected chi connectivity index (χ2v) is 4.16. The normalized spacial score (nSPS) is 10.3. The first kappa shape index (κ1) is 10.3. The van der Waals surface area contributed by atoms with Gasteiger partial charge in [0.15, 0.2) is 0 Å². The minimum absolute atomic E-state index is 0.779. The lowest BCUT2D eigenvalue weighted by molar-refractivity contribution is 1.42. The summed E-state index contributed by atoms with van der Waals surface area (Å²) in [6.45, 7) is 4.14. The zero-order valence-corrected chi connectivity index (χ0v) is 9.60. The topological polar surface area (TPSA) is 0 Å². The summed E-state index contributed by atoms with van der Waals surface area (Å²) >= 11 is 6.00. The first-order chi connectivity index (χ1) is 7.16. The van der Waals surface area contributed by atoms with E-state index in [1.807, 2.05) is 31.2 Å². The molecule has 2 rings (SSSR count). The van der Waals surface area contributed by atoms with Gasteiger partial charge in [0.25, 0.3) is 0 Å². The van der Waals surface area contributed by atoms with Gasteiger partial charge in [-0.05, 0) is 54.3 Å². The third-order valence-electron chi connectivity index (χ3n) is 2.46. The Balaban J connectivity index is 2.58. The van der Waals surface area contributed by atoms with Crippen LogP contribution in [0.15, 0.2) is 36.4 Å². The van der Waals surface area contributed by atoms with Crippen LogP contribution in [0.5, 0.6) is 0 Å². The van der Waals surface area contributed by atoms with Gasteiger partial charge in [-0.1, -0.05) is 35.9 Å². The smallest absolute Gasteiger partial charge is 0.0412 e. The van der Waals surface area contributed by atoms with E-state index in [2.05, 4.69) is 25.1 Å². The van der Waals surface area contributed by atoms with Crippen LogP contribution < -0.4 is 0 Å². The summed E-state index contributed by atoms with van der Waals surface area (Å²) in [6.07, 6.45) is 0. The Labute approximate surface area is 95.5 Å². The van der Waals surface area contributed by atoms with Crippen LogP contribution in [0.4, 0.5) is 0 Å². The van der Waals surface area contributed by atoms with Crippen molar-refractivity contribution < 1.29 is 0 Å². The highest BCUT2D eigenvalue weighted by Gasteiger charge is 2.02. The Kier molecular flexibility index (Phi) is 2.79. The zero-order valence-electron chi connectivity index (χ0n) is 8.84. The number of hydrogen-bond acceptors (Lipinski definition) is 0. The Hall–Kier alpha value is -1.27. The molecular weight excluding hydrogens is 204 g/mol. The quantitative estimate of drug-likeness (QED) is 0.661. The van der Waals surface area contributed by atoms with Crippen molar-refractivity contribution in [2.45, 2.75) is 13.8 Å². The third-order valence-corrected chi connectivity index (χ3v) is 2.69. The van der Waals surface area contributed by atoms with Gasteiger partial charge < -0.3 is 0 Å². The van der Waals surface area contributed by atoms with E-state index in [0.29, 0.717) is 0 Å². The Bertz CT molecular complexity index is 486. The van der Waals surface area contributed by atoms with E-state index in [-0.39, 0.29) is 0 Å². The van der Waals surface area contributed by atoms with E-state index >= 15 is 0 Å². The van der Waals surface area contributed by atoms with Gasteiger partial charge in [0.05, 0.1) is 0 Å². The molecule has 2 aromatic rings. The number of benzene rings is 2. The van der Waals surface area contributed by atoms with E-state index in [9.17, 15) is 0 Å². The van der Waals surface area contributed by atoms with Crippen molar-refractivity contribution in [1.29, 1.82) is 0 Å². The molecule has 0 unspecified atom stereocenters. The predicted octanol–water partition coefficient (Wildman–Crippen LogP) is 4.42. The summed E-state index contributed by atoms with van der Waals surface area (Å²) in [5, 5.41) is 0.779. The Morgan fingerprint density at radius 1 is 1.07 bits per heavy atom. The molecule has 0 bridgehead atoms. The van der Waals surface area contributed by atoms with E-state index < -0.39 is 0 Å². The SMILES string of the molecule is Cc1[c]ccc(-c2cc(Cl)ccc2C)c1. The fraction of sp³-hybridized carbons (Fsp3) is 0.143. The summed E-state index contributed by atoms with van der Waals surface area (Å²) in [6, 6.07) is 15.2. The molecule has 0 nitrogen and oxygen atoms in total. The maximum atomic E-state index is 6.00. The van der Waals surface area contributed by atoms with Crippen molar-refractivity contribution in [3.05, 3.63) is 58.6 Å². The molecule has 0 aliphatic rings. The van der Waals surface area contributed by atoms with Crippen molar-refractivity contribution in [3.63, 3.8) is 0 Å². The van der Waals surface area contributed by atoms with Crippen LogP contribution in [-0.4, -0.2) is 0 Å². The fourth-order valence-electron chi connectivity index (χ4n) is 1.66. The lowest BCUT2D eigenvalue weighted by Gasteiger charge is -2.07. The molecule has 0 atom stereocenters. The van der Waals surface area contributed by atoms with Crippen molar-refractivity contribution in [3.8, 4) is 11.1 Å². The molecule has 0 saturated heterocycles. The maximum absolute atomic E-state index is 6.00. The number of aryl methyl sites for hydroxylation is 2. The highest BCUT2D eigenvalue weighted by atomic mass is 35.5. The molecule has 0 spiro atoms. The highest BCUT2D eigenvalue weighted by molar-refractivity contribution is 6.30. The average molecular weight is 216 g/mol. The van der Waals surface area contributed by atoms with Gasteiger partial charge in [0, 0.05) is 5.02 Å². The first-order valence-corrected chi connectivity index (χ1v) is 5.29. The van der Waals surface area contributed by atoms with Crippen molar-refractivity contribution in [2.75, 3.05) is 0 Å². The van der Waals surface area contributed by atoms with Crippen LogP contribution in [0.1, 0.15) is 11.1 Å². The summed E-state index contributed by atoms with van der Waals surface area (Å²) in [5.41, 5.74) is 4.78. The molecule has 0 heterocycles. The molecule has 0 amide bonds. The lowest BCUT2D eigenvalue weighted by Crippen LogP contribution is -1.84. The number of halogens is 1. The van der Waals surface area contributed by atoms with Crippen LogP contribution in [0, 0.1) is 19.9 Å². The minimum atomic E-state index is 0.779. The molecule has 0 saturated carbocycles. The zero-order chi connectivity index (χ0) is 10.8. The molecule has 0 N–H and O–H groups in total. The second-order valence-electron chi connectivity index (χ2n) is 3.72. The summed E-state index contributed by atoms with van der Waals surface area (Å²) < 4.78 is 0. The van der Waals surface area contributed by atoms with Gasteiger partial charge in [0.2, 0.25) is 0 Å². The third kappa shape index (κ3) is 2.21.